The Morgan fingerprint density at radius 1 is 1.09 bits per heavy atom. The Balaban J connectivity index is 1.01. The van der Waals surface area contributed by atoms with Crippen molar-refractivity contribution in [3.8, 4) is 23.1 Å². The maximum absolute atomic E-state index is 5.94. The topological polar surface area (TPSA) is 140 Å². The molecule has 3 aromatic heterocycles. The number of aromatic amines is 1. The van der Waals surface area contributed by atoms with E-state index in [-0.39, 0.29) is 6.79 Å². The summed E-state index contributed by atoms with van der Waals surface area (Å²) in [6.45, 7) is 2.54. The van der Waals surface area contributed by atoms with Crippen molar-refractivity contribution in [3.63, 3.8) is 0 Å². The number of hydrogen-bond acceptors (Lipinski definition) is 11. The van der Waals surface area contributed by atoms with Crippen LogP contribution < -0.4 is 19.7 Å². The first-order chi connectivity index (χ1) is 16.3. The predicted octanol–water partition coefficient (Wildman–Crippen LogP) is 1.84. The molecule has 1 saturated carbocycles. The highest BCUT2D eigenvalue weighted by molar-refractivity contribution is 5.51. The van der Waals surface area contributed by atoms with Crippen LogP contribution in [-0.2, 0) is 6.54 Å². The lowest BCUT2D eigenvalue weighted by Crippen LogP contribution is -2.23. The van der Waals surface area contributed by atoms with Crippen LogP contribution >= 0.6 is 0 Å². The zero-order valence-corrected chi connectivity index (χ0v) is 17.4. The van der Waals surface area contributed by atoms with Gasteiger partial charge in [-0.25, -0.2) is 9.97 Å². The van der Waals surface area contributed by atoms with E-state index in [1.807, 2.05) is 24.4 Å². The van der Waals surface area contributed by atoms with E-state index in [1.54, 1.807) is 12.3 Å². The summed E-state index contributed by atoms with van der Waals surface area (Å²) in [5.74, 6) is 3.92. The first-order valence-electron chi connectivity index (χ1n) is 10.7. The van der Waals surface area contributed by atoms with Gasteiger partial charge >= 0.3 is 6.01 Å². The Labute approximate surface area is 187 Å². The minimum absolute atomic E-state index is 0.254. The molecule has 0 radical (unpaired) electrons. The van der Waals surface area contributed by atoms with Crippen molar-refractivity contribution in [1.29, 1.82) is 0 Å². The molecular formula is C21H19N9O3. The molecule has 12 nitrogen and oxygen atoms in total. The lowest BCUT2D eigenvalue weighted by atomic mass is 10.2. The van der Waals surface area contributed by atoms with Crippen molar-refractivity contribution in [2.45, 2.75) is 12.5 Å². The van der Waals surface area contributed by atoms with E-state index >= 15 is 0 Å². The Kier molecular flexibility index (Phi) is 3.98. The fourth-order valence-electron chi connectivity index (χ4n) is 4.73. The van der Waals surface area contributed by atoms with Gasteiger partial charge in [0.15, 0.2) is 11.5 Å². The third-order valence-electron chi connectivity index (χ3n) is 6.42. The van der Waals surface area contributed by atoms with Crippen molar-refractivity contribution in [3.05, 3.63) is 47.9 Å². The standard InChI is InChI=1S/C21H19N9O3/c1-2-16-17(32-10-31-16)5-11(1)6-23-20-22-4-3-14(25-20)19-27-28-21(33-19)30-8-12-13(9-30)18(12)15-7-24-29-26-15/h1-5,7,12-13,18H,6,8-10H2,(H,22,23,25)(H,24,26,29). The zero-order chi connectivity index (χ0) is 21.8. The largest absolute Gasteiger partial charge is 0.454 e. The minimum atomic E-state index is 0.254. The van der Waals surface area contributed by atoms with Crippen LogP contribution in [0.1, 0.15) is 17.2 Å². The van der Waals surface area contributed by atoms with Crippen LogP contribution in [0.3, 0.4) is 0 Å². The molecule has 2 N–H and O–H groups in total. The van der Waals surface area contributed by atoms with Crippen LogP contribution in [0.4, 0.5) is 12.0 Å². The van der Waals surface area contributed by atoms with E-state index in [0.29, 0.717) is 47.8 Å². The second-order valence-electron chi connectivity index (χ2n) is 8.35. The van der Waals surface area contributed by atoms with Gasteiger partial charge in [-0.05, 0) is 35.6 Å². The molecule has 0 spiro atoms. The van der Waals surface area contributed by atoms with Gasteiger partial charge in [-0.1, -0.05) is 11.2 Å². The number of aromatic nitrogens is 7. The van der Waals surface area contributed by atoms with Gasteiger partial charge in [-0.2, -0.15) is 15.4 Å². The van der Waals surface area contributed by atoms with Gasteiger partial charge in [-0.15, -0.1) is 5.10 Å². The van der Waals surface area contributed by atoms with Crippen LogP contribution in [0, 0.1) is 11.8 Å². The number of anilines is 2. The Hall–Kier alpha value is -4.22. The Bertz CT molecular complexity index is 1300. The van der Waals surface area contributed by atoms with Gasteiger partial charge in [0.2, 0.25) is 12.7 Å². The summed E-state index contributed by atoms with van der Waals surface area (Å²) in [4.78, 5) is 10.9. The number of benzene rings is 1. The van der Waals surface area contributed by atoms with Crippen LogP contribution in [0.5, 0.6) is 11.5 Å². The fourth-order valence-corrected chi connectivity index (χ4v) is 4.73. The summed E-state index contributed by atoms with van der Waals surface area (Å²) in [5, 5.41) is 22.5. The van der Waals surface area contributed by atoms with Crippen molar-refractivity contribution in [1.82, 2.24) is 35.6 Å². The number of piperidine rings is 1. The molecule has 33 heavy (non-hydrogen) atoms. The highest BCUT2D eigenvalue weighted by atomic mass is 16.7. The van der Waals surface area contributed by atoms with Gasteiger partial charge in [0.25, 0.3) is 5.89 Å². The number of ether oxygens (including phenoxy) is 2. The summed E-state index contributed by atoms with van der Waals surface area (Å²) >= 11 is 0. The molecule has 2 fully saturated rings. The van der Waals surface area contributed by atoms with E-state index in [2.05, 4.69) is 45.8 Å². The maximum Gasteiger partial charge on any atom is 0.318 e. The number of hydrogen-bond donors (Lipinski definition) is 2. The lowest BCUT2D eigenvalue weighted by Gasteiger charge is -2.15. The highest BCUT2D eigenvalue weighted by Crippen LogP contribution is 2.58. The number of nitrogens with zero attached hydrogens (tertiary/aromatic N) is 7. The van der Waals surface area contributed by atoms with E-state index in [0.717, 1.165) is 35.8 Å². The maximum atomic E-state index is 5.94. The van der Waals surface area contributed by atoms with Crippen molar-refractivity contribution >= 4 is 12.0 Å². The number of fused-ring (bicyclic) bond motifs is 2. The molecule has 1 saturated heterocycles. The molecule has 2 unspecified atom stereocenters. The Morgan fingerprint density at radius 3 is 2.88 bits per heavy atom. The molecule has 3 aliphatic rings. The molecule has 7 rings (SSSR count). The van der Waals surface area contributed by atoms with Gasteiger partial charge < -0.3 is 24.1 Å². The molecule has 0 amide bonds. The quantitative estimate of drug-likeness (QED) is 0.449. The summed E-state index contributed by atoms with van der Waals surface area (Å²) in [6.07, 6.45) is 3.48. The number of H-pyrrole nitrogens is 1. The van der Waals surface area contributed by atoms with E-state index in [4.69, 9.17) is 13.9 Å². The van der Waals surface area contributed by atoms with Crippen LogP contribution in [0.15, 0.2) is 41.1 Å². The molecule has 4 aromatic rings. The molecular weight excluding hydrogens is 426 g/mol. The number of rotatable bonds is 6. The molecule has 12 heteroatoms. The zero-order valence-electron chi connectivity index (χ0n) is 17.4. The summed E-state index contributed by atoms with van der Waals surface area (Å²) in [7, 11) is 0. The van der Waals surface area contributed by atoms with Crippen LogP contribution in [0.2, 0.25) is 0 Å². The molecule has 2 aliphatic heterocycles. The lowest BCUT2D eigenvalue weighted by molar-refractivity contribution is 0.174. The Morgan fingerprint density at radius 2 is 2.00 bits per heavy atom. The average molecular weight is 445 g/mol. The fraction of sp³-hybridized carbons (Fsp3) is 0.333. The summed E-state index contributed by atoms with van der Waals surface area (Å²) in [6, 6.07) is 8.09. The molecule has 1 aliphatic carbocycles. The first kappa shape index (κ1) is 18.4. The molecule has 1 aromatic carbocycles. The van der Waals surface area contributed by atoms with Gasteiger partial charge in [0.05, 0.1) is 11.9 Å². The third kappa shape index (κ3) is 3.22. The second kappa shape index (κ2) is 7.15. The predicted molar refractivity (Wildman–Crippen MR) is 114 cm³/mol. The normalized spacial score (nSPS) is 22.4. The van der Waals surface area contributed by atoms with Gasteiger partial charge in [0, 0.05) is 31.7 Å². The van der Waals surface area contributed by atoms with E-state index in [9.17, 15) is 0 Å². The van der Waals surface area contributed by atoms with Crippen molar-refractivity contribution in [2.24, 2.45) is 11.8 Å². The summed E-state index contributed by atoms with van der Waals surface area (Å²) in [5.41, 5.74) is 2.64. The smallest absolute Gasteiger partial charge is 0.318 e. The minimum Gasteiger partial charge on any atom is -0.454 e. The van der Waals surface area contributed by atoms with E-state index in [1.165, 1.54) is 0 Å². The third-order valence-corrected chi connectivity index (χ3v) is 6.42. The first-order valence-corrected chi connectivity index (χ1v) is 10.7. The van der Waals surface area contributed by atoms with Gasteiger partial charge in [0.1, 0.15) is 5.69 Å². The molecule has 0 bridgehead atoms. The molecule has 2 atom stereocenters. The van der Waals surface area contributed by atoms with Crippen LogP contribution in [-0.4, -0.2) is 55.5 Å². The van der Waals surface area contributed by atoms with Gasteiger partial charge in [-0.3, -0.25) is 0 Å². The number of nitrogens with one attached hydrogen (secondary N) is 2. The van der Waals surface area contributed by atoms with Crippen molar-refractivity contribution < 1.29 is 13.9 Å². The second-order valence-corrected chi connectivity index (χ2v) is 8.35. The SMILES string of the molecule is c1cc(-c2nnc(N3CC4C(C3)C4c3cn[nH]n3)o2)nc(NCc2ccc3c(c2)OCO3)n1. The molecule has 166 valence electrons. The monoisotopic (exact) mass is 445 g/mol. The van der Waals surface area contributed by atoms with Crippen LogP contribution in [0.25, 0.3) is 11.6 Å². The average Bonchev–Trinajstić information content (AvgIpc) is 3.50. The highest BCUT2D eigenvalue weighted by Gasteiger charge is 2.58. The van der Waals surface area contributed by atoms with Crippen molar-refractivity contribution in [2.75, 3.05) is 30.1 Å². The summed E-state index contributed by atoms with van der Waals surface area (Å²) < 4.78 is 16.7. The molecule has 5 heterocycles. The van der Waals surface area contributed by atoms with E-state index < -0.39 is 0 Å².